The lowest BCUT2D eigenvalue weighted by Gasteiger charge is -2.41. The normalized spacial score (nSPS) is 19.6. The number of benzene rings is 1. The summed E-state index contributed by atoms with van der Waals surface area (Å²) in [7, 11) is 0. The number of aromatic nitrogens is 2. The molecule has 1 atom stereocenters. The van der Waals surface area contributed by atoms with E-state index in [1.807, 2.05) is 18.7 Å². The lowest BCUT2D eigenvalue weighted by molar-refractivity contribution is -0.128. The standard InChI is InChI=1S/C31H42N6O3/c1-7-26(38)36-16-14-35(15-17-36)25(18-30(4,5)6)22-8-10-24(11-9-22)31(12-13-31)34-28-32-19-23-20-40-29(39)37(21(2)3)27(23)33-28/h7-11,19,21,25H,1,12-18,20H2,2-6H3,(H,32,33,34). The van der Waals surface area contributed by atoms with E-state index < -0.39 is 0 Å². The fraction of sp³-hybridized carbons (Fsp3) is 0.548. The van der Waals surface area contributed by atoms with Gasteiger partial charge in [-0.25, -0.2) is 9.78 Å². The Morgan fingerprint density at radius 3 is 2.40 bits per heavy atom. The molecule has 0 radical (unpaired) electrons. The molecular formula is C31H42N6O3. The van der Waals surface area contributed by atoms with Gasteiger partial charge >= 0.3 is 6.09 Å². The highest BCUT2D eigenvalue weighted by molar-refractivity contribution is 5.89. The molecule has 1 aromatic carbocycles. The zero-order chi connectivity index (χ0) is 28.7. The SMILES string of the molecule is C=CC(=O)N1CCN(C(CC(C)(C)C)c2ccc(C3(Nc4ncc5c(n4)N(C(C)C)C(=O)OC5)CC3)cc2)CC1. The number of ether oxygens (including phenoxy) is 1. The maximum atomic E-state index is 12.4. The fourth-order valence-electron chi connectivity index (χ4n) is 5.79. The Morgan fingerprint density at radius 1 is 1.15 bits per heavy atom. The lowest BCUT2D eigenvalue weighted by Crippen LogP contribution is -2.49. The monoisotopic (exact) mass is 546 g/mol. The summed E-state index contributed by atoms with van der Waals surface area (Å²) in [6, 6.07) is 9.21. The van der Waals surface area contributed by atoms with Crippen LogP contribution in [0.25, 0.3) is 0 Å². The summed E-state index contributed by atoms with van der Waals surface area (Å²) in [5.41, 5.74) is 3.28. The molecule has 40 heavy (non-hydrogen) atoms. The lowest BCUT2D eigenvalue weighted by atomic mass is 9.84. The third-order valence-electron chi connectivity index (χ3n) is 8.13. The molecule has 1 aliphatic carbocycles. The van der Waals surface area contributed by atoms with E-state index in [2.05, 4.69) is 66.8 Å². The highest BCUT2D eigenvalue weighted by atomic mass is 16.6. The highest BCUT2D eigenvalue weighted by Gasteiger charge is 2.45. The van der Waals surface area contributed by atoms with Gasteiger partial charge in [0.15, 0.2) is 0 Å². The number of nitrogens with one attached hydrogen (secondary N) is 1. The number of carbonyl (C=O) groups is 2. The number of rotatable bonds is 8. The van der Waals surface area contributed by atoms with Crippen molar-refractivity contribution in [1.29, 1.82) is 0 Å². The molecule has 1 unspecified atom stereocenters. The second-order valence-corrected chi connectivity index (χ2v) is 12.7. The van der Waals surface area contributed by atoms with Gasteiger partial charge in [-0.2, -0.15) is 4.98 Å². The van der Waals surface area contributed by atoms with Crippen molar-refractivity contribution in [3.8, 4) is 0 Å². The van der Waals surface area contributed by atoms with E-state index in [0.29, 0.717) is 11.8 Å². The molecule has 1 N–H and O–H groups in total. The zero-order valence-corrected chi connectivity index (χ0v) is 24.4. The number of hydrogen-bond acceptors (Lipinski definition) is 7. The van der Waals surface area contributed by atoms with Gasteiger partial charge in [-0.05, 0) is 55.7 Å². The van der Waals surface area contributed by atoms with E-state index in [0.717, 1.165) is 51.0 Å². The van der Waals surface area contributed by atoms with Crippen LogP contribution in [0.5, 0.6) is 0 Å². The molecule has 1 saturated heterocycles. The molecule has 0 bridgehead atoms. The largest absolute Gasteiger partial charge is 0.444 e. The molecular weight excluding hydrogens is 504 g/mol. The van der Waals surface area contributed by atoms with Crippen LogP contribution in [0, 0.1) is 5.41 Å². The molecule has 2 aromatic rings. The van der Waals surface area contributed by atoms with E-state index in [-0.39, 0.29) is 41.6 Å². The first kappa shape index (κ1) is 28.1. The molecule has 9 nitrogen and oxygen atoms in total. The Bertz CT molecular complexity index is 1260. The summed E-state index contributed by atoms with van der Waals surface area (Å²) in [4.78, 5) is 39.8. The van der Waals surface area contributed by atoms with Crippen molar-refractivity contribution < 1.29 is 14.3 Å². The molecule has 5 rings (SSSR count). The molecule has 3 aliphatic rings. The highest BCUT2D eigenvalue weighted by Crippen LogP contribution is 2.48. The second kappa shape index (κ2) is 10.8. The van der Waals surface area contributed by atoms with E-state index in [4.69, 9.17) is 9.72 Å². The van der Waals surface area contributed by atoms with Crippen LogP contribution in [-0.2, 0) is 21.7 Å². The predicted octanol–water partition coefficient (Wildman–Crippen LogP) is 5.25. The molecule has 214 valence electrons. The molecule has 1 saturated carbocycles. The smallest absolute Gasteiger partial charge is 0.416 e. The minimum atomic E-state index is -0.373. The molecule has 1 aromatic heterocycles. The first-order valence-electron chi connectivity index (χ1n) is 14.4. The van der Waals surface area contributed by atoms with Gasteiger partial charge in [-0.15, -0.1) is 0 Å². The summed E-state index contributed by atoms with van der Waals surface area (Å²) in [5.74, 6) is 1.16. The van der Waals surface area contributed by atoms with Crippen LogP contribution < -0.4 is 10.2 Å². The predicted molar refractivity (Wildman–Crippen MR) is 156 cm³/mol. The first-order chi connectivity index (χ1) is 19.0. The van der Waals surface area contributed by atoms with Gasteiger partial charge in [0, 0.05) is 44.5 Å². The second-order valence-electron chi connectivity index (χ2n) is 12.7. The minimum absolute atomic E-state index is 0.0124. The number of nitrogens with zero attached hydrogens (tertiary/aromatic N) is 5. The first-order valence-corrected chi connectivity index (χ1v) is 14.4. The Labute approximate surface area is 237 Å². The third kappa shape index (κ3) is 5.84. The van der Waals surface area contributed by atoms with Crippen LogP contribution in [0.15, 0.2) is 43.1 Å². The fourth-order valence-corrected chi connectivity index (χ4v) is 5.79. The van der Waals surface area contributed by atoms with E-state index in [1.54, 1.807) is 11.1 Å². The minimum Gasteiger partial charge on any atom is -0.444 e. The third-order valence-corrected chi connectivity index (χ3v) is 8.13. The van der Waals surface area contributed by atoms with Crippen molar-refractivity contribution >= 4 is 23.8 Å². The topological polar surface area (TPSA) is 90.9 Å². The molecule has 2 fully saturated rings. The summed E-state index contributed by atoms with van der Waals surface area (Å²) in [6.07, 6.45) is 5.81. The van der Waals surface area contributed by atoms with Gasteiger partial charge in [0.1, 0.15) is 12.4 Å². The Kier molecular flexibility index (Phi) is 7.61. The number of hydrogen-bond donors (Lipinski definition) is 1. The number of amides is 2. The Morgan fingerprint density at radius 2 is 1.82 bits per heavy atom. The van der Waals surface area contributed by atoms with E-state index in [1.165, 1.54) is 17.2 Å². The van der Waals surface area contributed by atoms with Gasteiger partial charge in [-0.1, -0.05) is 51.6 Å². The summed E-state index contributed by atoms with van der Waals surface area (Å²) in [5, 5.41) is 3.58. The molecule has 2 aliphatic heterocycles. The van der Waals surface area contributed by atoms with Crippen molar-refractivity contribution in [3.63, 3.8) is 0 Å². The molecule has 3 heterocycles. The quantitative estimate of drug-likeness (QED) is 0.452. The van der Waals surface area contributed by atoms with Crippen molar-refractivity contribution in [1.82, 2.24) is 19.8 Å². The maximum Gasteiger partial charge on any atom is 0.416 e. The van der Waals surface area contributed by atoms with Crippen LogP contribution in [0.3, 0.4) is 0 Å². The van der Waals surface area contributed by atoms with Crippen molar-refractivity contribution in [3.05, 3.63) is 59.8 Å². The van der Waals surface area contributed by atoms with Crippen LogP contribution in [0.1, 0.15) is 76.6 Å². The van der Waals surface area contributed by atoms with Gasteiger partial charge in [0.2, 0.25) is 11.9 Å². The molecule has 0 spiro atoms. The van der Waals surface area contributed by atoms with Crippen LogP contribution >= 0.6 is 0 Å². The van der Waals surface area contributed by atoms with Gasteiger partial charge < -0.3 is 15.0 Å². The summed E-state index contributed by atoms with van der Waals surface area (Å²) in [6.45, 7) is 17.7. The number of anilines is 2. The maximum absolute atomic E-state index is 12.4. The molecule has 9 heteroatoms. The average Bonchev–Trinajstić information content (AvgIpc) is 3.71. The van der Waals surface area contributed by atoms with E-state index >= 15 is 0 Å². The summed E-state index contributed by atoms with van der Waals surface area (Å²) < 4.78 is 5.29. The number of piperazine rings is 1. The van der Waals surface area contributed by atoms with Crippen LogP contribution in [0.4, 0.5) is 16.6 Å². The van der Waals surface area contributed by atoms with Crippen LogP contribution in [-0.4, -0.2) is 64.0 Å². The number of cyclic esters (lactones) is 1. The van der Waals surface area contributed by atoms with Gasteiger partial charge in [-0.3, -0.25) is 14.6 Å². The average molecular weight is 547 g/mol. The van der Waals surface area contributed by atoms with Crippen molar-refractivity contribution in [2.45, 2.75) is 78.1 Å². The number of fused-ring (bicyclic) bond motifs is 1. The van der Waals surface area contributed by atoms with Crippen LogP contribution in [0.2, 0.25) is 0 Å². The van der Waals surface area contributed by atoms with Crippen molar-refractivity contribution in [2.24, 2.45) is 5.41 Å². The number of carbonyl (C=O) groups excluding carboxylic acids is 2. The van der Waals surface area contributed by atoms with Gasteiger partial charge in [0.05, 0.1) is 11.1 Å². The Hall–Kier alpha value is -3.46. The summed E-state index contributed by atoms with van der Waals surface area (Å²) >= 11 is 0. The Balaban J connectivity index is 1.33. The van der Waals surface area contributed by atoms with E-state index in [9.17, 15) is 9.59 Å². The zero-order valence-electron chi connectivity index (χ0n) is 24.4. The van der Waals surface area contributed by atoms with Crippen molar-refractivity contribution in [2.75, 3.05) is 36.4 Å². The molecule has 2 amide bonds. The van der Waals surface area contributed by atoms with Gasteiger partial charge in [0.25, 0.3) is 0 Å².